The molecule has 176 valence electrons. The summed E-state index contributed by atoms with van der Waals surface area (Å²) in [5.74, 6) is 0.231. The van der Waals surface area contributed by atoms with E-state index < -0.39 is 0 Å². The Morgan fingerprint density at radius 1 is 1.00 bits per heavy atom. The first-order valence-electron chi connectivity index (χ1n) is 10.9. The van der Waals surface area contributed by atoms with E-state index in [1.165, 1.54) is 0 Å². The lowest BCUT2D eigenvalue weighted by Crippen LogP contribution is -2.34. The van der Waals surface area contributed by atoms with E-state index in [-0.39, 0.29) is 16.9 Å². The monoisotopic (exact) mass is 539 g/mol. The third kappa shape index (κ3) is 6.88. The first-order chi connectivity index (χ1) is 16.4. The quantitative estimate of drug-likeness (QED) is 0.270. The van der Waals surface area contributed by atoms with Gasteiger partial charge in [-0.2, -0.15) is 0 Å². The lowest BCUT2D eigenvalue weighted by molar-refractivity contribution is 0.0974. The van der Waals surface area contributed by atoms with E-state index in [9.17, 15) is 9.59 Å². The Balaban J connectivity index is 1.56. The number of hydrogen-bond donors (Lipinski definition) is 2. The highest BCUT2D eigenvalue weighted by Gasteiger charge is 2.14. The Hall–Kier alpha value is -3.23. The average molecular weight is 540 g/mol. The van der Waals surface area contributed by atoms with Gasteiger partial charge >= 0.3 is 0 Å². The molecule has 0 fully saturated rings. The van der Waals surface area contributed by atoms with Gasteiger partial charge in [0.15, 0.2) is 5.11 Å². The molecule has 3 rings (SSSR count). The molecule has 2 amide bonds. The third-order valence-corrected chi connectivity index (χ3v) is 5.84. The second-order valence-electron chi connectivity index (χ2n) is 7.53. The molecule has 0 spiro atoms. The molecule has 3 aromatic carbocycles. The summed E-state index contributed by atoms with van der Waals surface area (Å²) < 4.78 is 6.40. The van der Waals surface area contributed by atoms with E-state index >= 15 is 0 Å². The van der Waals surface area contributed by atoms with Crippen LogP contribution in [0.2, 0.25) is 0 Å². The molecule has 3 aromatic rings. The molecule has 0 unspecified atom stereocenters. The standard InChI is InChI=1S/C26H26BrN3O3S/c1-3-4-16-33-23-15-12-19(17-22(23)27)24(31)29-26(34)28-20-13-10-18(11-14-20)25(32)30(2)21-8-6-5-7-9-21/h5-15,17H,3-4,16H2,1-2H3,(H2,28,29,31,34). The van der Waals surface area contributed by atoms with E-state index in [4.69, 9.17) is 17.0 Å². The van der Waals surface area contributed by atoms with E-state index in [1.807, 2.05) is 30.3 Å². The molecule has 0 atom stereocenters. The molecular weight excluding hydrogens is 514 g/mol. The Labute approximate surface area is 213 Å². The molecule has 0 radical (unpaired) electrons. The summed E-state index contributed by atoms with van der Waals surface area (Å²) in [4.78, 5) is 26.9. The molecule has 0 heterocycles. The van der Waals surface area contributed by atoms with E-state index in [0.717, 1.165) is 18.5 Å². The molecule has 0 aromatic heterocycles. The maximum Gasteiger partial charge on any atom is 0.258 e. The SMILES string of the molecule is CCCCOc1ccc(C(=O)NC(=S)Nc2ccc(C(=O)N(C)c3ccccc3)cc2)cc1Br. The van der Waals surface area contributed by atoms with E-state index in [1.54, 1.807) is 54.4 Å². The number of unbranched alkanes of at least 4 members (excludes halogenated alkanes) is 1. The zero-order chi connectivity index (χ0) is 24.5. The van der Waals surface area contributed by atoms with Gasteiger partial charge in [0.1, 0.15) is 5.75 Å². The number of nitrogens with zero attached hydrogens (tertiary/aromatic N) is 1. The minimum absolute atomic E-state index is 0.124. The number of benzene rings is 3. The highest BCUT2D eigenvalue weighted by atomic mass is 79.9. The van der Waals surface area contributed by atoms with Crippen molar-refractivity contribution >= 4 is 56.4 Å². The maximum atomic E-state index is 12.7. The zero-order valence-corrected chi connectivity index (χ0v) is 21.4. The normalized spacial score (nSPS) is 10.3. The van der Waals surface area contributed by atoms with Gasteiger partial charge in [-0.3, -0.25) is 14.9 Å². The van der Waals surface area contributed by atoms with Crippen LogP contribution >= 0.6 is 28.1 Å². The number of carbonyl (C=O) groups excluding carboxylic acids is 2. The van der Waals surface area contributed by atoms with Crippen molar-refractivity contribution in [2.75, 3.05) is 23.9 Å². The molecule has 0 aliphatic heterocycles. The van der Waals surface area contributed by atoms with Crippen LogP contribution in [0, 0.1) is 0 Å². The summed E-state index contributed by atoms with van der Waals surface area (Å²) in [6, 6.07) is 21.5. The molecule has 0 aliphatic carbocycles. The molecular formula is C26H26BrN3O3S. The number of anilines is 2. The molecule has 0 saturated carbocycles. The maximum absolute atomic E-state index is 12.7. The molecule has 0 aliphatic rings. The molecule has 8 heteroatoms. The van der Waals surface area contributed by atoms with Crippen molar-refractivity contribution in [1.29, 1.82) is 0 Å². The Bertz CT molecular complexity index is 1150. The van der Waals surface area contributed by atoms with Crippen molar-refractivity contribution in [3.63, 3.8) is 0 Å². The Morgan fingerprint density at radius 3 is 2.32 bits per heavy atom. The summed E-state index contributed by atoms with van der Waals surface area (Å²) in [6.45, 7) is 2.73. The van der Waals surface area contributed by atoms with Crippen molar-refractivity contribution < 1.29 is 14.3 Å². The van der Waals surface area contributed by atoms with Crippen LogP contribution < -0.4 is 20.3 Å². The summed E-state index contributed by atoms with van der Waals surface area (Å²) in [6.07, 6.45) is 2.01. The molecule has 0 bridgehead atoms. The number of carbonyl (C=O) groups is 2. The second kappa shape index (κ2) is 12.3. The fourth-order valence-corrected chi connectivity index (χ4v) is 3.79. The van der Waals surface area contributed by atoms with Crippen LogP contribution in [-0.4, -0.2) is 30.6 Å². The first kappa shape index (κ1) is 25.4. The predicted molar refractivity (Wildman–Crippen MR) is 144 cm³/mol. The predicted octanol–water partition coefficient (Wildman–Crippen LogP) is 6.03. The van der Waals surface area contributed by atoms with E-state index in [2.05, 4.69) is 33.5 Å². The van der Waals surface area contributed by atoms with Gasteiger partial charge < -0.3 is 15.0 Å². The number of thiocarbonyl (C=S) groups is 1. The number of ether oxygens (including phenoxy) is 1. The fourth-order valence-electron chi connectivity index (χ4n) is 3.08. The summed E-state index contributed by atoms with van der Waals surface area (Å²) >= 11 is 8.72. The lowest BCUT2D eigenvalue weighted by atomic mass is 10.1. The number of hydrogen-bond acceptors (Lipinski definition) is 4. The van der Waals surface area contributed by atoms with Gasteiger partial charge in [0, 0.05) is 29.5 Å². The van der Waals surface area contributed by atoms with Crippen molar-refractivity contribution in [1.82, 2.24) is 5.32 Å². The number of nitrogens with one attached hydrogen (secondary N) is 2. The first-order valence-corrected chi connectivity index (χ1v) is 12.1. The smallest absolute Gasteiger partial charge is 0.258 e. The second-order valence-corrected chi connectivity index (χ2v) is 8.80. The number of para-hydroxylation sites is 1. The summed E-state index contributed by atoms with van der Waals surface area (Å²) in [5.41, 5.74) is 2.46. The average Bonchev–Trinajstić information content (AvgIpc) is 2.85. The van der Waals surface area contributed by atoms with Crippen molar-refractivity contribution in [2.45, 2.75) is 19.8 Å². The van der Waals surface area contributed by atoms with Gasteiger partial charge in [0.25, 0.3) is 11.8 Å². The van der Waals surface area contributed by atoms with Crippen LogP contribution in [0.5, 0.6) is 5.75 Å². The van der Waals surface area contributed by atoms with Crippen molar-refractivity contribution in [2.24, 2.45) is 0 Å². The van der Waals surface area contributed by atoms with Crippen LogP contribution in [0.15, 0.2) is 77.3 Å². The number of rotatable bonds is 8. The highest BCUT2D eigenvalue weighted by Crippen LogP contribution is 2.26. The van der Waals surface area contributed by atoms with Crippen molar-refractivity contribution in [3.05, 3.63) is 88.4 Å². The van der Waals surface area contributed by atoms with Crippen LogP contribution in [0.1, 0.15) is 40.5 Å². The summed E-state index contributed by atoms with van der Waals surface area (Å²) in [7, 11) is 1.73. The summed E-state index contributed by atoms with van der Waals surface area (Å²) in [5, 5.41) is 5.79. The number of halogens is 1. The zero-order valence-electron chi connectivity index (χ0n) is 19.0. The van der Waals surface area contributed by atoms with Crippen LogP contribution in [0.25, 0.3) is 0 Å². The topological polar surface area (TPSA) is 70.7 Å². The minimum atomic E-state index is -0.338. The van der Waals surface area contributed by atoms with Crippen LogP contribution in [0.4, 0.5) is 11.4 Å². The molecule has 34 heavy (non-hydrogen) atoms. The largest absolute Gasteiger partial charge is 0.492 e. The lowest BCUT2D eigenvalue weighted by Gasteiger charge is -2.17. The van der Waals surface area contributed by atoms with Gasteiger partial charge in [-0.1, -0.05) is 31.5 Å². The number of amides is 2. The highest BCUT2D eigenvalue weighted by molar-refractivity contribution is 9.10. The van der Waals surface area contributed by atoms with Crippen LogP contribution in [0.3, 0.4) is 0 Å². The van der Waals surface area contributed by atoms with Gasteiger partial charge in [-0.25, -0.2) is 0 Å². The van der Waals surface area contributed by atoms with E-state index in [0.29, 0.717) is 33.6 Å². The molecule has 2 N–H and O–H groups in total. The van der Waals surface area contributed by atoms with Gasteiger partial charge in [0.2, 0.25) is 0 Å². The van der Waals surface area contributed by atoms with Gasteiger partial charge in [-0.05, 0) is 89.2 Å². The Morgan fingerprint density at radius 2 is 1.68 bits per heavy atom. The minimum Gasteiger partial charge on any atom is -0.492 e. The van der Waals surface area contributed by atoms with Crippen molar-refractivity contribution in [3.8, 4) is 5.75 Å². The fraction of sp³-hybridized carbons (Fsp3) is 0.192. The van der Waals surface area contributed by atoms with Crippen LogP contribution in [-0.2, 0) is 0 Å². The van der Waals surface area contributed by atoms with Gasteiger partial charge in [-0.15, -0.1) is 0 Å². The van der Waals surface area contributed by atoms with Gasteiger partial charge in [0.05, 0.1) is 11.1 Å². The molecule has 6 nitrogen and oxygen atoms in total. The molecule has 0 saturated heterocycles. The third-order valence-electron chi connectivity index (χ3n) is 5.01. The Kier molecular flexibility index (Phi) is 9.18.